The van der Waals surface area contributed by atoms with E-state index in [0.717, 1.165) is 22.7 Å². The lowest BCUT2D eigenvalue weighted by atomic mass is 10.1. The number of nitrogens with zero attached hydrogens (tertiary/aromatic N) is 2. The van der Waals surface area contributed by atoms with Crippen molar-refractivity contribution in [2.75, 3.05) is 38.4 Å². The summed E-state index contributed by atoms with van der Waals surface area (Å²) in [4.78, 5) is 30.6. The molecule has 0 bridgehead atoms. The first kappa shape index (κ1) is 20.3. The molecule has 1 amide bonds. The molecule has 0 aliphatic carbocycles. The molecule has 2 heterocycles. The summed E-state index contributed by atoms with van der Waals surface area (Å²) in [7, 11) is 1.66. The highest BCUT2D eigenvalue weighted by Gasteiger charge is 2.28. The molecular formula is C20H24N2O5S. The number of hydrogen-bond donors (Lipinski definition) is 0. The minimum Gasteiger partial charge on any atom is -0.482 e. The number of rotatable bonds is 8. The highest BCUT2D eigenvalue weighted by atomic mass is 32.1. The average molecular weight is 404 g/mol. The van der Waals surface area contributed by atoms with E-state index in [2.05, 4.69) is 4.98 Å². The molecule has 0 saturated heterocycles. The molecular weight excluding hydrogens is 380 g/mol. The highest BCUT2D eigenvalue weighted by Crippen LogP contribution is 2.36. The Balaban J connectivity index is 1.81. The van der Waals surface area contributed by atoms with Gasteiger partial charge in [0, 0.05) is 24.5 Å². The summed E-state index contributed by atoms with van der Waals surface area (Å²) < 4.78 is 15.8. The van der Waals surface area contributed by atoms with Crippen molar-refractivity contribution in [3.63, 3.8) is 0 Å². The quantitative estimate of drug-likeness (QED) is 0.630. The molecule has 150 valence electrons. The van der Waals surface area contributed by atoms with Crippen LogP contribution in [0.25, 0.3) is 11.3 Å². The number of benzene rings is 1. The van der Waals surface area contributed by atoms with Crippen LogP contribution in [0.1, 0.15) is 18.9 Å². The molecule has 1 aliphatic heterocycles. The Bertz CT molecular complexity index is 849. The van der Waals surface area contributed by atoms with Crippen LogP contribution in [0.4, 0.5) is 5.69 Å². The molecule has 0 fully saturated rings. The maximum absolute atomic E-state index is 12.4. The van der Waals surface area contributed by atoms with Crippen LogP contribution in [-0.4, -0.2) is 50.3 Å². The topological polar surface area (TPSA) is 78.0 Å². The molecule has 1 aliphatic rings. The Morgan fingerprint density at radius 3 is 2.96 bits per heavy atom. The Morgan fingerprint density at radius 2 is 2.21 bits per heavy atom. The third-order valence-corrected chi connectivity index (χ3v) is 5.04. The van der Waals surface area contributed by atoms with Gasteiger partial charge in [0.15, 0.2) is 6.61 Å². The summed E-state index contributed by atoms with van der Waals surface area (Å²) in [5, 5.41) is 2.95. The highest BCUT2D eigenvalue weighted by molar-refractivity contribution is 7.09. The standard InChI is InChI=1S/C20H24N2O5S/c1-13(2)10-27-20(24)9-22-16-8-14(4-5-17(16)26-11-19(22)23)15-12-28-18(21-15)6-7-25-3/h4-5,8,12-13H,6-7,9-11H2,1-3H3. The van der Waals surface area contributed by atoms with Gasteiger partial charge in [0.1, 0.15) is 12.3 Å². The molecule has 8 heteroatoms. The van der Waals surface area contributed by atoms with E-state index in [1.165, 1.54) is 4.90 Å². The van der Waals surface area contributed by atoms with Crippen molar-refractivity contribution in [1.29, 1.82) is 0 Å². The van der Waals surface area contributed by atoms with Gasteiger partial charge in [-0.15, -0.1) is 11.3 Å². The zero-order valence-electron chi connectivity index (χ0n) is 16.3. The van der Waals surface area contributed by atoms with Crippen molar-refractivity contribution < 1.29 is 23.8 Å². The van der Waals surface area contributed by atoms with Crippen molar-refractivity contribution in [1.82, 2.24) is 4.98 Å². The second-order valence-corrected chi connectivity index (χ2v) is 7.84. The fraction of sp³-hybridized carbons (Fsp3) is 0.450. The van der Waals surface area contributed by atoms with E-state index in [-0.39, 0.29) is 25.0 Å². The van der Waals surface area contributed by atoms with E-state index in [9.17, 15) is 9.59 Å². The van der Waals surface area contributed by atoms with Crippen molar-refractivity contribution in [2.45, 2.75) is 20.3 Å². The van der Waals surface area contributed by atoms with Crippen LogP contribution in [0.5, 0.6) is 5.75 Å². The van der Waals surface area contributed by atoms with Crippen molar-refractivity contribution in [3.8, 4) is 17.0 Å². The molecule has 28 heavy (non-hydrogen) atoms. The second kappa shape index (κ2) is 9.16. The number of carbonyl (C=O) groups excluding carboxylic acids is 2. The van der Waals surface area contributed by atoms with E-state index in [1.807, 2.05) is 31.4 Å². The molecule has 0 atom stereocenters. The van der Waals surface area contributed by atoms with Gasteiger partial charge in [-0.1, -0.05) is 13.8 Å². The van der Waals surface area contributed by atoms with Crippen LogP contribution in [0, 0.1) is 5.92 Å². The number of carbonyl (C=O) groups is 2. The lowest BCUT2D eigenvalue weighted by molar-refractivity contribution is -0.144. The number of fused-ring (bicyclic) bond motifs is 1. The van der Waals surface area contributed by atoms with Gasteiger partial charge < -0.3 is 14.2 Å². The summed E-state index contributed by atoms with van der Waals surface area (Å²) in [5.74, 6) is 0.0936. The molecule has 0 saturated carbocycles. The number of ether oxygens (including phenoxy) is 3. The van der Waals surface area contributed by atoms with E-state index in [4.69, 9.17) is 14.2 Å². The van der Waals surface area contributed by atoms with Gasteiger partial charge >= 0.3 is 5.97 Å². The molecule has 0 N–H and O–H groups in total. The number of esters is 1. The largest absolute Gasteiger partial charge is 0.482 e. The van der Waals surface area contributed by atoms with Crippen LogP contribution >= 0.6 is 11.3 Å². The molecule has 2 aromatic rings. The number of thiazole rings is 1. The fourth-order valence-corrected chi connectivity index (χ4v) is 3.51. The Labute approximate surface area is 168 Å². The molecule has 0 spiro atoms. The molecule has 7 nitrogen and oxygen atoms in total. The normalized spacial score (nSPS) is 13.4. The number of methoxy groups -OCH3 is 1. The number of anilines is 1. The summed E-state index contributed by atoms with van der Waals surface area (Å²) in [6, 6.07) is 5.54. The van der Waals surface area contributed by atoms with Gasteiger partial charge in [-0.2, -0.15) is 0 Å². The van der Waals surface area contributed by atoms with Crippen molar-refractivity contribution in [2.24, 2.45) is 5.92 Å². The minimum absolute atomic E-state index is 0.0956. The SMILES string of the molecule is COCCc1nc(-c2ccc3c(c2)N(CC(=O)OCC(C)C)C(=O)CO3)cs1. The van der Waals surface area contributed by atoms with Gasteiger partial charge in [-0.05, 0) is 24.1 Å². The predicted octanol–water partition coefficient (Wildman–Crippen LogP) is 2.92. The van der Waals surface area contributed by atoms with E-state index in [1.54, 1.807) is 24.5 Å². The van der Waals surface area contributed by atoms with Gasteiger partial charge in [0.2, 0.25) is 0 Å². The Hall–Kier alpha value is -2.45. The lowest BCUT2D eigenvalue weighted by Crippen LogP contribution is -2.42. The van der Waals surface area contributed by atoms with Gasteiger partial charge in [0.25, 0.3) is 5.91 Å². The monoisotopic (exact) mass is 404 g/mol. The maximum atomic E-state index is 12.4. The van der Waals surface area contributed by atoms with E-state index >= 15 is 0 Å². The number of hydrogen-bond acceptors (Lipinski definition) is 7. The number of aromatic nitrogens is 1. The summed E-state index contributed by atoms with van der Waals surface area (Å²) >= 11 is 1.57. The lowest BCUT2D eigenvalue weighted by Gasteiger charge is -2.29. The Kier molecular flexibility index (Phi) is 6.64. The molecule has 0 radical (unpaired) electrons. The van der Waals surface area contributed by atoms with E-state index < -0.39 is 5.97 Å². The molecule has 1 aromatic carbocycles. The van der Waals surface area contributed by atoms with Gasteiger partial charge in [-0.25, -0.2) is 4.98 Å². The van der Waals surface area contributed by atoms with Crippen LogP contribution in [0.15, 0.2) is 23.6 Å². The van der Waals surface area contributed by atoms with Gasteiger partial charge in [-0.3, -0.25) is 14.5 Å². The van der Waals surface area contributed by atoms with E-state index in [0.29, 0.717) is 24.7 Å². The third kappa shape index (κ3) is 4.88. The fourth-order valence-electron chi connectivity index (χ4n) is 2.72. The summed E-state index contributed by atoms with van der Waals surface area (Å²) in [6.45, 7) is 4.63. The van der Waals surface area contributed by atoms with Crippen molar-refractivity contribution >= 4 is 28.9 Å². The van der Waals surface area contributed by atoms with Crippen LogP contribution in [-0.2, 0) is 25.5 Å². The molecule has 3 rings (SSSR count). The van der Waals surface area contributed by atoms with Crippen molar-refractivity contribution in [3.05, 3.63) is 28.6 Å². The minimum atomic E-state index is -0.434. The summed E-state index contributed by atoms with van der Waals surface area (Å²) in [6.07, 6.45) is 0.752. The Morgan fingerprint density at radius 1 is 1.39 bits per heavy atom. The smallest absolute Gasteiger partial charge is 0.326 e. The van der Waals surface area contributed by atoms with Gasteiger partial charge in [0.05, 0.1) is 29.6 Å². The average Bonchev–Trinajstić information content (AvgIpc) is 3.15. The first-order chi connectivity index (χ1) is 13.5. The number of amides is 1. The summed E-state index contributed by atoms with van der Waals surface area (Å²) in [5.41, 5.74) is 2.23. The third-order valence-electron chi connectivity index (χ3n) is 4.13. The maximum Gasteiger partial charge on any atom is 0.326 e. The zero-order valence-corrected chi connectivity index (χ0v) is 17.1. The molecule has 0 unspecified atom stereocenters. The zero-order chi connectivity index (χ0) is 20.1. The first-order valence-electron chi connectivity index (χ1n) is 9.14. The molecule has 1 aromatic heterocycles. The second-order valence-electron chi connectivity index (χ2n) is 6.90. The van der Waals surface area contributed by atoms with Crippen LogP contribution in [0.2, 0.25) is 0 Å². The van der Waals surface area contributed by atoms with Crippen LogP contribution in [0.3, 0.4) is 0 Å². The predicted molar refractivity (Wildman–Crippen MR) is 107 cm³/mol. The first-order valence-corrected chi connectivity index (χ1v) is 10.0. The van der Waals surface area contributed by atoms with Crippen LogP contribution < -0.4 is 9.64 Å².